The van der Waals surface area contributed by atoms with Crippen LogP contribution in [0.3, 0.4) is 0 Å². The molecule has 0 saturated carbocycles. The quantitative estimate of drug-likeness (QED) is 0.733. The van der Waals surface area contributed by atoms with Gasteiger partial charge in [-0.15, -0.1) is 0 Å². The van der Waals surface area contributed by atoms with E-state index in [4.69, 9.17) is 5.73 Å². The molecule has 0 heterocycles. The molecule has 1 aliphatic rings. The lowest BCUT2D eigenvalue weighted by Crippen LogP contribution is -2.10. The molecule has 2 N–H and O–H groups in total. The van der Waals surface area contributed by atoms with Gasteiger partial charge < -0.3 is 5.73 Å². The molecule has 1 heteroatoms. The van der Waals surface area contributed by atoms with E-state index in [9.17, 15) is 0 Å². The van der Waals surface area contributed by atoms with E-state index >= 15 is 0 Å². The molecule has 2 rings (SSSR count). The fraction of sp³-hybridized carbons (Fsp3) is 0.500. The van der Waals surface area contributed by atoms with E-state index in [1.165, 1.54) is 12.0 Å². The average Bonchev–Trinajstić information content (AvgIpc) is 2.44. The van der Waals surface area contributed by atoms with Crippen LogP contribution >= 0.6 is 0 Å². The van der Waals surface area contributed by atoms with Crippen molar-refractivity contribution in [3.8, 4) is 0 Å². The molecule has 2 atom stereocenters. The Labute approximate surface area is 80.0 Å². The summed E-state index contributed by atoms with van der Waals surface area (Å²) in [6.45, 7) is 3.14. The lowest BCUT2D eigenvalue weighted by atomic mass is 9.91. The normalized spacial score (nSPS) is 26.0. The van der Waals surface area contributed by atoms with Gasteiger partial charge in [-0.25, -0.2) is 0 Å². The first-order valence-electron chi connectivity index (χ1n) is 5.11. The maximum atomic E-state index is 5.63. The Kier molecular flexibility index (Phi) is 2.36. The molecule has 0 fully saturated rings. The van der Waals surface area contributed by atoms with Crippen molar-refractivity contribution < 1.29 is 0 Å². The van der Waals surface area contributed by atoms with Crippen LogP contribution in [0.2, 0.25) is 0 Å². The van der Waals surface area contributed by atoms with Crippen LogP contribution in [0.5, 0.6) is 0 Å². The Morgan fingerprint density at radius 1 is 1.38 bits per heavy atom. The number of hydrogen-bond acceptors (Lipinski definition) is 1. The molecule has 1 nitrogen and oxygen atoms in total. The molecule has 1 aromatic carbocycles. The summed E-state index contributed by atoms with van der Waals surface area (Å²) in [6, 6.07) is 8.79. The predicted octanol–water partition coefficient (Wildman–Crippen LogP) is 2.31. The molecule has 70 valence electrons. The molecule has 1 aromatic rings. The zero-order valence-corrected chi connectivity index (χ0v) is 8.16. The van der Waals surface area contributed by atoms with Crippen molar-refractivity contribution in [1.29, 1.82) is 0 Å². The van der Waals surface area contributed by atoms with Crippen molar-refractivity contribution in [1.82, 2.24) is 0 Å². The average molecular weight is 175 g/mol. The number of hydrogen-bond donors (Lipinski definition) is 1. The van der Waals surface area contributed by atoms with Gasteiger partial charge in [0.25, 0.3) is 0 Å². The van der Waals surface area contributed by atoms with Crippen LogP contribution in [0.4, 0.5) is 0 Å². The number of rotatable bonds is 2. The van der Waals surface area contributed by atoms with E-state index in [1.807, 2.05) is 0 Å². The summed E-state index contributed by atoms with van der Waals surface area (Å²) in [5.74, 6) is 1.49. The lowest BCUT2D eigenvalue weighted by Gasteiger charge is -2.14. The number of benzene rings is 1. The van der Waals surface area contributed by atoms with Gasteiger partial charge in [0.1, 0.15) is 0 Å². The van der Waals surface area contributed by atoms with Crippen molar-refractivity contribution >= 4 is 0 Å². The molecule has 13 heavy (non-hydrogen) atoms. The van der Waals surface area contributed by atoms with E-state index in [0.717, 1.165) is 18.9 Å². The standard InChI is InChI=1S/C12H17N/c1-9-8-10-4-2-3-5-12(10)11(9)6-7-13/h2-5,9,11H,6-8,13H2,1H3. The third-order valence-electron chi connectivity index (χ3n) is 3.16. The highest BCUT2D eigenvalue weighted by Crippen LogP contribution is 2.39. The summed E-state index contributed by atoms with van der Waals surface area (Å²) >= 11 is 0. The van der Waals surface area contributed by atoms with Gasteiger partial charge >= 0.3 is 0 Å². The predicted molar refractivity (Wildman–Crippen MR) is 55.7 cm³/mol. The van der Waals surface area contributed by atoms with E-state index in [2.05, 4.69) is 31.2 Å². The number of nitrogens with two attached hydrogens (primary N) is 1. The fourth-order valence-corrected chi connectivity index (χ4v) is 2.50. The van der Waals surface area contributed by atoms with Gasteiger partial charge in [0.05, 0.1) is 0 Å². The smallest absolute Gasteiger partial charge is 0.00713 e. The zero-order chi connectivity index (χ0) is 9.26. The second kappa shape index (κ2) is 3.51. The molecule has 0 radical (unpaired) electrons. The Morgan fingerprint density at radius 2 is 2.15 bits per heavy atom. The van der Waals surface area contributed by atoms with Gasteiger partial charge in [-0.3, -0.25) is 0 Å². The molecule has 0 amide bonds. The minimum absolute atomic E-state index is 0.709. The maximum Gasteiger partial charge on any atom is -0.00713 e. The molecular weight excluding hydrogens is 158 g/mol. The van der Waals surface area contributed by atoms with Crippen molar-refractivity contribution in [2.24, 2.45) is 11.7 Å². The summed E-state index contributed by atoms with van der Waals surface area (Å²) in [4.78, 5) is 0. The molecule has 1 aliphatic carbocycles. The molecular formula is C12H17N. The van der Waals surface area contributed by atoms with Crippen LogP contribution in [-0.2, 0) is 6.42 Å². The highest BCUT2D eigenvalue weighted by Gasteiger charge is 2.27. The second-order valence-corrected chi connectivity index (χ2v) is 4.06. The molecule has 0 saturated heterocycles. The number of fused-ring (bicyclic) bond motifs is 1. The van der Waals surface area contributed by atoms with Crippen molar-refractivity contribution in [3.63, 3.8) is 0 Å². The molecule has 0 spiro atoms. The first-order valence-corrected chi connectivity index (χ1v) is 5.11. The van der Waals surface area contributed by atoms with Crippen molar-refractivity contribution in [2.45, 2.75) is 25.7 Å². The maximum absolute atomic E-state index is 5.63. The highest BCUT2D eigenvalue weighted by atomic mass is 14.5. The van der Waals surface area contributed by atoms with Crippen LogP contribution in [0.1, 0.15) is 30.4 Å². The summed E-state index contributed by atoms with van der Waals surface area (Å²) < 4.78 is 0. The van der Waals surface area contributed by atoms with Crippen molar-refractivity contribution in [2.75, 3.05) is 6.54 Å². The molecule has 0 aliphatic heterocycles. The van der Waals surface area contributed by atoms with Gasteiger partial charge in [0.2, 0.25) is 0 Å². The van der Waals surface area contributed by atoms with Gasteiger partial charge in [0, 0.05) is 0 Å². The van der Waals surface area contributed by atoms with Gasteiger partial charge in [-0.05, 0) is 42.3 Å². The summed E-state index contributed by atoms with van der Waals surface area (Å²) in [5.41, 5.74) is 8.71. The van der Waals surface area contributed by atoms with Crippen molar-refractivity contribution in [3.05, 3.63) is 35.4 Å². The monoisotopic (exact) mass is 175 g/mol. The van der Waals surface area contributed by atoms with Crippen LogP contribution in [-0.4, -0.2) is 6.54 Å². The molecule has 2 unspecified atom stereocenters. The lowest BCUT2D eigenvalue weighted by molar-refractivity contribution is 0.475. The molecule has 0 aromatic heterocycles. The SMILES string of the molecule is CC1Cc2ccccc2C1CCN. The molecule has 0 bridgehead atoms. The summed E-state index contributed by atoms with van der Waals surface area (Å²) in [6.07, 6.45) is 2.37. The van der Waals surface area contributed by atoms with E-state index in [1.54, 1.807) is 5.56 Å². The Morgan fingerprint density at radius 3 is 2.92 bits per heavy atom. The van der Waals surface area contributed by atoms with Gasteiger partial charge in [-0.2, -0.15) is 0 Å². The highest BCUT2D eigenvalue weighted by molar-refractivity contribution is 5.35. The fourth-order valence-electron chi connectivity index (χ4n) is 2.50. The second-order valence-electron chi connectivity index (χ2n) is 4.06. The van der Waals surface area contributed by atoms with Gasteiger partial charge in [0.15, 0.2) is 0 Å². The zero-order valence-electron chi connectivity index (χ0n) is 8.16. The Bertz CT molecular complexity index is 293. The van der Waals surface area contributed by atoms with Crippen LogP contribution in [0, 0.1) is 5.92 Å². The van der Waals surface area contributed by atoms with Crippen LogP contribution in [0.25, 0.3) is 0 Å². The minimum atomic E-state index is 0.709. The third-order valence-corrected chi connectivity index (χ3v) is 3.16. The Hall–Kier alpha value is -0.820. The largest absolute Gasteiger partial charge is 0.330 e. The summed E-state index contributed by atoms with van der Waals surface area (Å²) in [5, 5.41) is 0. The van der Waals surface area contributed by atoms with Crippen LogP contribution < -0.4 is 5.73 Å². The summed E-state index contributed by atoms with van der Waals surface area (Å²) in [7, 11) is 0. The third kappa shape index (κ3) is 1.49. The van der Waals surface area contributed by atoms with E-state index < -0.39 is 0 Å². The van der Waals surface area contributed by atoms with Gasteiger partial charge in [-0.1, -0.05) is 31.2 Å². The van der Waals surface area contributed by atoms with E-state index in [-0.39, 0.29) is 0 Å². The minimum Gasteiger partial charge on any atom is -0.330 e. The Balaban J connectivity index is 2.29. The topological polar surface area (TPSA) is 26.0 Å². The first kappa shape index (κ1) is 8.76. The van der Waals surface area contributed by atoms with E-state index in [0.29, 0.717) is 5.92 Å². The first-order chi connectivity index (χ1) is 6.33. The van der Waals surface area contributed by atoms with Crippen LogP contribution in [0.15, 0.2) is 24.3 Å².